The lowest BCUT2D eigenvalue weighted by molar-refractivity contribution is -0.140. The zero-order valence-electron chi connectivity index (χ0n) is 28.2. The van der Waals surface area contributed by atoms with Crippen LogP contribution in [0.3, 0.4) is 0 Å². The van der Waals surface area contributed by atoms with Crippen LogP contribution < -0.4 is 4.74 Å². The molecule has 46 heavy (non-hydrogen) atoms. The fraction of sp³-hybridized carbons (Fsp3) is 0.656. The highest BCUT2D eigenvalue weighted by molar-refractivity contribution is 6.76. The van der Waals surface area contributed by atoms with Gasteiger partial charge in [0.05, 0.1) is 24.3 Å². The highest BCUT2D eigenvalue weighted by Crippen LogP contribution is 2.43. The molecule has 1 saturated heterocycles. The Bertz CT molecular complexity index is 1290. The van der Waals surface area contributed by atoms with Crippen LogP contribution in [-0.2, 0) is 23.7 Å². The van der Waals surface area contributed by atoms with Gasteiger partial charge in [0.15, 0.2) is 12.4 Å². The first-order chi connectivity index (χ1) is 21.1. The first-order valence-electron chi connectivity index (χ1n) is 15.4. The first kappa shape index (κ1) is 38.3. The molecular weight excluding hydrogens is 675 g/mol. The first-order valence-corrected chi connectivity index (χ1v) is 20.2. The fourth-order valence-corrected chi connectivity index (χ4v) is 5.90. The molecule has 258 valence electrons. The normalized spacial score (nSPS) is 19.1. The second kappa shape index (κ2) is 14.9. The molecule has 2 unspecified atom stereocenters. The average molecular weight is 722 g/mol. The lowest BCUT2D eigenvalue weighted by Crippen LogP contribution is -2.66. The summed E-state index contributed by atoms with van der Waals surface area (Å²) in [5.74, 6) is 0.00263. The van der Waals surface area contributed by atoms with E-state index in [2.05, 4.69) is 19.6 Å². The monoisotopic (exact) mass is 720 g/mol. The number of nitrogens with zero attached hydrogens (tertiary/aromatic N) is 2. The van der Waals surface area contributed by atoms with Crippen molar-refractivity contribution in [1.82, 2.24) is 9.80 Å². The van der Waals surface area contributed by atoms with E-state index in [1.54, 1.807) is 39.8 Å². The fourth-order valence-electron chi connectivity index (χ4n) is 5.03. The number of carbonyl (C=O) groups excluding carboxylic acids is 3. The summed E-state index contributed by atoms with van der Waals surface area (Å²) in [5.41, 5.74) is -0.565. The molecule has 3 rings (SSSR count). The maximum atomic E-state index is 13.8. The van der Waals surface area contributed by atoms with E-state index < -0.39 is 53.3 Å². The van der Waals surface area contributed by atoms with Crippen LogP contribution >= 0.6 is 34.8 Å². The minimum Gasteiger partial charge on any atom is -0.468 e. The van der Waals surface area contributed by atoms with E-state index in [-0.39, 0.29) is 38.5 Å². The van der Waals surface area contributed by atoms with E-state index >= 15 is 0 Å². The van der Waals surface area contributed by atoms with Gasteiger partial charge in [-0.3, -0.25) is 4.90 Å². The molecule has 2 heterocycles. The van der Waals surface area contributed by atoms with Gasteiger partial charge in [-0.2, -0.15) is 0 Å². The van der Waals surface area contributed by atoms with Gasteiger partial charge in [0, 0.05) is 27.8 Å². The van der Waals surface area contributed by atoms with Crippen LogP contribution in [-0.4, -0.2) is 96.2 Å². The lowest BCUT2D eigenvalue weighted by Gasteiger charge is -2.50. The zero-order valence-corrected chi connectivity index (χ0v) is 31.5. The standard InChI is InChI=1S/C32H47Cl3N2O8Si/c1-10-42-27(38)26-24(21-11-13-23(14-12-21)43-20-41-15-16-46(7,8)9)17-22-18-36(28(39)44-30(2,3)4)19-25(26)37(22)29(40)45-31(5,6)32(33,34)35/h11-14,22,25H,10,15-20H2,1-9H3. The van der Waals surface area contributed by atoms with Gasteiger partial charge in [-0.1, -0.05) is 66.6 Å². The molecule has 1 aromatic rings. The van der Waals surface area contributed by atoms with Gasteiger partial charge in [0.25, 0.3) is 0 Å². The SMILES string of the molecule is CCOC(=O)C1=C(c2ccc(OCOCC[Si](C)(C)C)cc2)CC2CN(C(=O)OC(C)(C)C)CC1N2C(=O)OC(C)(C)C(Cl)(Cl)Cl. The third-order valence-electron chi connectivity index (χ3n) is 7.54. The Labute approximate surface area is 288 Å². The van der Waals surface area contributed by atoms with Gasteiger partial charge in [-0.05, 0) is 77.3 Å². The minimum absolute atomic E-state index is 0.0394. The Morgan fingerprint density at radius 3 is 2.11 bits per heavy atom. The van der Waals surface area contributed by atoms with E-state index in [1.165, 1.54) is 23.6 Å². The van der Waals surface area contributed by atoms with Crippen LogP contribution in [0.15, 0.2) is 29.8 Å². The number of halogens is 3. The van der Waals surface area contributed by atoms with E-state index in [9.17, 15) is 14.4 Å². The zero-order chi connectivity index (χ0) is 34.7. The maximum Gasteiger partial charge on any atom is 0.411 e. The quantitative estimate of drug-likeness (QED) is 0.0606. The summed E-state index contributed by atoms with van der Waals surface area (Å²) >= 11 is 18.4. The Hall–Kier alpha value is -2.18. The molecule has 10 nitrogen and oxygen atoms in total. The second-order valence-corrected chi connectivity index (χ2v) is 22.1. The van der Waals surface area contributed by atoms with Gasteiger partial charge in [0.1, 0.15) is 11.4 Å². The van der Waals surface area contributed by atoms with Gasteiger partial charge >= 0.3 is 18.2 Å². The topological polar surface area (TPSA) is 104 Å². The predicted molar refractivity (Wildman–Crippen MR) is 182 cm³/mol. The van der Waals surface area contributed by atoms with Crippen LogP contribution in [0.4, 0.5) is 9.59 Å². The smallest absolute Gasteiger partial charge is 0.411 e. The summed E-state index contributed by atoms with van der Waals surface area (Å²) in [6, 6.07) is 6.85. The van der Waals surface area contributed by atoms with Crippen LogP contribution in [0.1, 0.15) is 53.5 Å². The molecule has 1 aromatic carbocycles. The second-order valence-electron chi connectivity index (χ2n) is 14.2. The number of fused-ring (bicyclic) bond motifs is 2. The number of alkyl halides is 3. The summed E-state index contributed by atoms with van der Waals surface area (Å²) in [4.78, 5) is 43.6. The van der Waals surface area contributed by atoms with Crippen molar-refractivity contribution in [1.29, 1.82) is 0 Å². The van der Waals surface area contributed by atoms with Crippen molar-refractivity contribution in [2.75, 3.05) is 33.1 Å². The lowest BCUT2D eigenvalue weighted by atomic mass is 9.82. The molecule has 2 amide bonds. The molecule has 2 aliphatic rings. The molecule has 14 heteroatoms. The highest BCUT2D eigenvalue weighted by atomic mass is 35.6. The largest absolute Gasteiger partial charge is 0.468 e. The summed E-state index contributed by atoms with van der Waals surface area (Å²) in [5, 5.41) is 0. The Kier molecular flexibility index (Phi) is 12.4. The Balaban J connectivity index is 1.98. The number of ether oxygens (including phenoxy) is 5. The van der Waals surface area contributed by atoms with Crippen molar-refractivity contribution >= 4 is 66.6 Å². The summed E-state index contributed by atoms with van der Waals surface area (Å²) in [6.07, 6.45) is -1.13. The molecule has 0 spiro atoms. The molecule has 0 saturated carbocycles. The predicted octanol–water partition coefficient (Wildman–Crippen LogP) is 7.67. The number of amides is 2. The number of piperazine rings is 1. The molecule has 2 atom stereocenters. The van der Waals surface area contributed by atoms with E-state index in [0.717, 1.165) is 11.6 Å². The summed E-state index contributed by atoms with van der Waals surface area (Å²) in [6.45, 7) is 17.8. The molecule has 0 aliphatic carbocycles. The summed E-state index contributed by atoms with van der Waals surface area (Å²) in [7, 11) is -1.20. The molecule has 2 aliphatic heterocycles. The molecule has 1 fully saturated rings. The van der Waals surface area contributed by atoms with Crippen molar-refractivity contribution in [3.05, 3.63) is 35.4 Å². The van der Waals surface area contributed by atoms with Crippen molar-refractivity contribution < 1.29 is 38.1 Å². The third-order valence-corrected chi connectivity index (χ3v) is 10.6. The van der Waals surface area contributed by atoms with E-state index in [4.69, 9.17) is 58.5 Å². The van der Waals surface area contributed by atoms with Crippen molar-refractivity contribution in [2.24, 2.45) is 0 Å². The van der Waals surface area contributed by atoms with Gasteiger partial charge in [-0.15, -0.1) is 0 Å². The third kappa shape index (κ3) is 10.2. The van der Waals surface area contributed by atoms with E-state index in [0.29, 0.717) is 17.9 Å². The number of benzene rings is 1. The molecule has 2 bridgehead atoms. The maximum absolute atomic E-state index is 13.8. The average Bonchev–Trinajstić information content (AvgIpc) is 2.90. The van der Waals surface area contributed by atoms with Crippen molar-refractivity contribution in [3.8, 4) is 5.75 Å². The molecular formula is C32H47Cl3N2O8Si. The molecule has 0 radical (unpaired) electrons. The Morgan fingerprint density at radius 2 is 1.57 bits per heavy atom. The number of hydrogen-bond acceptors (Lipinski definition) is 8. The number of carbonyl (C=O) groups is 3. The molecule has 0 N–H and O–H groups in total. The van der Waals surface area contributed by atoms with Gasteiger partial charge < -0.3 is 28.6 Å². The van der Waals surface area contributed by atoms with Crippen LogP contribution in [0.5, 0.6) is 5.75 Å². The van der Waals surface area contributed by atoms with Crippen molar-refractivity contribution in [2.45, 2.75) is 101 Å². The minimum atomic E-state index is -1.93. The Morgan fingerprint density at radius 1 is 0.935 bits per heavy atom. The van der Waals surface area contributed by atoms with Gasteiger partial charge in [0.2, 0.25) is 3.79 Å². The van der Waals surface area contributed by atoms with Crippen LogP contribution in [0.2, 0.25) is 25.7 Å². The van der Waals surface area contributed by atoms with Crippen LogP contribution in [0.25, 0.3) is 5.57 Å². The van der Waals surface area contributed by atoms with E-state index in [1.807, 2.05) is 12.1 Å². The van der Waals surface area contributed by atoms with Gasteiger partial charge in [-0.25, -0.2) is 14.4 Å². The van der Waals surface area contributed by atoms with Crippen molar-refractivity contribution in [3.63, 3.8) is 0 Å². The molecule has 0 aromatic heterocycles. The summed E-state index contributed by atoms with van der Waals surface area (Å²) < 4.78 is 26.4. The number of hydrogen-bond donors (Lipinski definition) is 0. The number of esters is 1. The highest BCUT2D eigenvalue weighted by Gasteiger charge is 2.52. The van der Waals surface area contributed by atoms with Crippen LogP contribution in [0, 0.1) is 0 Å². The number of rotatable bonds is 10.